The van der Waals surface area contributed by atoms with Crippen LogP contribution in [0.25, 0.3) is 0 Å². The maximum absolute atomic E-state index is 13.1. The summed E-state index contributed by atoms with van der Waals surface area (Å²) in [4.78, 5) is 13.0. The van der Waals surface area contributed by atoms with Crippen LogP contribution in [0.3, 0.4) is 0 Å². The molecule has 32 heavy (non-hydrogen) atoms. The third-order valence-corrected chi connectivity index (χ3v) is 6.94. The molecule has 9 heteroatoms. The van der Waals surface area contributed by atoms with Crippen LogP contribution >= 0.6 is 23.2 Å². The molecule has 0 saturated heterocycles. The highest BCUT2D eigenvalue weighted by Gasteiger charge is 2.27. The van der Waals surface area contributed by atoms with Crippen molar-refractivity contribution in [3.05, 3.63) is 87.9 Å². The van der Waals surface area contributed by atoms with Crippen LogP contribution in [-0.2, 0) is 21.2 Å². The van der Waals surface area contributed by atoms with Gasteiger partial charge in [0, 0.05) is 10.7 Å². The zero-order valence-corrected chi connectivity index (χ0v) is 19.8. The number of sulfonamides is 1. The van der Waals surface area contributed by atoms with E-state index in [1.54, 1.807) is 18.2 Å². The highest BCUT2D eigenvalue weighted by molar-refractivity contribution is 7.89. The molecular formula is C23H22Cl2N2O4S. The minimum absolute atomic E-state index is 0.0763. The summed E-state index contributed by atoms with van der Waals surface area (Å²) >= 11 is 12.2. The first-order valence-corrected chi connectivity index (χ1v) is 11.9. The van der Waals surface area contributed by atoms with Crippen molar-refractivity contribution in [2.75, 3.05) is 12.4 Å². The number of hydrogen-bond donors (Lipinski definition) is 2. The molecule has 168 valence electrons. The Balaban J connectivity index is 1.88. The number of nitrogens with one attached hydrogen (secondary N) is 2. The van der Waals surface area contributed by atoms with Gasteiger partial charge in [0.25, 0.3) is 0 Å². The van der Waals surface area contributed by atoms with Crippen molar-refractivity contribution in [3.63, 3.8) is 0 Å². The number of rotatable bonds is 8. The van der Waals surface area contributed by atoms with Gasteiger partial charge in [-0.25, -0.2) is 8.42 Å². The van der Waals surface area contributed by atoms with Crippen LogP contribution in [0.5, 0.6) is 5.75 Å². The fraction of sp³-hybridized carbons (Fsp3) is 0.174. The molecule has 6 nitrogen and oxygen atoms in total. The number of benzene rings is 3. The fourth-order valence-corrected chi connectivity index (χ4v) is 4.73. The van der Waals surface area contributed by atoms with Crippen molar-refractivity contribution in [2.45, 2.75) is 24.3 Å². The quantitative estimate of drug-likeness (QED) is 0.471. The van der Waals surface area contributed by atoms with Gasteiger partial charge >= 0.3 is 0 Å². The van der Waals surface area contributed by atoms with Gasteiger partial charge in [-0.3, -0.25) is 4.79 Å². The van der Waals surface area contributed by atoms with Crippen molar-refractivity contribution in [2.24, 2.45) is 0 Å². The number of aryl methyl sites for hydroxylation is 1. The highest BCUT2D eigenvalue weighted by atomic mass is 35.5. The smallest absolute Gasteiger partial charge is 0.242 e. The molecule has 3 rings (SSSR count). The van der Waals surface area contributed by atoms with E-state index in [1.165, 1.54) is 25.3 Å². The van der Waals surface area contributed by atoms with Crippen molar-refractivity contribution in [3.8, 4) is 5.75 Å². The van der Waals surface area contributed by atoms with E-state index >= 15 is 0 Å². The molecule has 0 bridgehead atoms. The molecule has 0 saturated carbocycles. The molecule has 0 aliphatic heterocycles. The third kappa shape index (κ3) is 6.01. The average Bonchev–Trinajstić information content (AvgIpc) is 2.76. The normalized spacial score (nSPS) is 12.2. The molecule has 2 N–H and O–H groups in total. The summed E-state index contributed by atoms with van der Waals surface area (Å²) < 4.78 is 33.6. The van der Waals surface area contributed by atoms with Crippen molar-refractivity contribution in [1.29, 1.82) is 0 Å². The number of carbonyl (C=O) groups is 1. The standard InChI is InChI=1S/C23H22Cl2N2O4S/c1-15-8-9-17(13-19(15)24)26-23(28)21(12-16-6-4-3-5-7-16)27-32(29,30)18-10-11-22(31-2)20(25)14-18/h3-11,13-14,21,27H,12H2,1-2H3,(H,26,28)/t21-/m0/s1. The molecule has 1 amide bonds. The van der Waals surface area contributed by atoms with Crippen molar-refractivity contribution in [1.82, 2.24) is 4.72 Å². The summed E-state index contributed by atoms with van der Waals surface area (Å²) in [7, 11) is -2.62. The van der Waals surface area contributed by atoms with E-state index in [2.05, 4.69) is 10.0 Å². The van der Waals surface area contributed by atoms with Crippen LogP contribution in [0.15, 0.2) is 71.6 Å². The SMILES string of the molecule is COc1ccc(S(=O)(=O)N[C@@H](Cc2ccccc2)C(=O)Nc2ccc(C)c(Cl)c2)cc1Cl. The van der Waals surface area contributed by atoms with Gasteiger partial charge in [-0.2, -0.15) is 4.72 Å². The predicted octanol–water partition coefficient (Wildman–Crippen LogP) is 4.84. The Morgan fingerprint density at radius 1 is 1.00 bits per heavy atom. The molecule has 0 aromatic heterocycles. The number of anilines is 1. The number of carbonyl (C=O) groups excluding carboxylic acids is 1. The summed E-state index contributed by atoms with van der Waals surface area (Å²) in [5.74, 6) is -0.169. The van der Waals surface area contributed by atoms with Gasteiger partial charge in [0.2, 0.25) is 15.9 Å². The van der Waals surface area contributed by atoms with Gasteiger partial charge in [-0.1, -0.05) is 59.6 Å². The zero-order chi connectivity index (χ0) is 23.3. The first-order valence-electron chi connectivity index (χ1n) is 9.66. The van der Waals surface area contributed by atoms with E-state index in [1.807, 2.05) is 37.3 Å². The van der Waals surface area contributed by atoms with E-state index in [-0.39, 0.29) is 16.3 Å². The molecule has 3 aromatic rings. The molecule has 0 spiro atoms. The molecule has 0 unspecified atom stereocenters. The van der Waals surface area contributed by atoms with Gasteiger partial charge in [0.05, 0.1) is 17.0 Å². The summed E-state index contributed by atoms with van der Waals surface area (Å²) in [5.41, 5.74) is 2.13. The Morgan fingerprint density at radius 3 is 2.34 bits per heavy atom. The Kier molecular flexibility index (Phi) is 7.79. The van der Waals surface area contributed by atoms with Crippen LogP contribution in [0, 0.1) is 6.92 Å². The summed E-state index contributed by atoms with van der Waals surface area (Å²) in [6.07, 6.45) is 0.148. The molecule has 0 heterocycles. The lowest BCUT2D eigenvalue weighted by Gasteiger charge is -2.19. The van der Waals surface area contributed by atoms with E-state index in [0.29, 0.717) is 16.5 Å². The lowest BCUT2D eigenvalue weighted by molar-refractivity contribution is -0.117. The maximum atomic E-state index is 13.1. The molecule has 3 aromatic carbocycles. The highest BCUT2D eigenvalue weighted by Crippen LogP contribution is 2.27. The maximum Gasteiger partial charge on any atom is 0.242 e. The second-order valence-electron chi connectivity index (χ2n) is 7.11. The Hall–Kier alpha value is -2.58. The van der Waals surface area contributed by atoms with Crippen LogP contribution < -0.4 is 14.8 Å². The molecular weight excluding hydrogens is 471 g/mol. The summed E-state index contributed by atoms with van der Waals surface area (Å²) in [6.45, 7) is 1.85. The molecule has 0 fully saturated rings. The number of halogens is 2. The van der Waals surface area contributed by atoms with Gasteiger partial charge in [-0.05, 0) is 54.8 Å². The molecule has 1 atom stereocenters. The number of hydrogen-bond acceptors (Lipinski definition) is 4. The van der Waals surface area contributed by atoms with E-state index in [4.69, 9.17) is 27.9 Å². The minimum atomic E-state index is -4.06. The van der Waals surface area contributed by atoms with Gasteiger partial charge in [0.1, 0.15) is 11.8 Å². The van der Waals surface area contributed by atoms with E-state index in [0.717, 1.165) is 11.1 Å². The minimum Gasteiger partial charge on any atom is -0.495 e. The molecule has 0 aliphatic carbocycles. The average molecular weight is 493 g/mol. The van der Waals surface area contributed by atoms with Crippen LogP contribution in [0.4, 0.5) is 5.69 Å². The monoisotopic (exact) mass is 492 g/mol. The first-order chi connectivity index (χ1) is 15.2. The summed E-state index contributed by atoms with van der Waals surface area (Å²) in [5, 5.41) is 3.38. The van der Waals surface area contributed by atoms with Crippen LogP contribution in [0.1, 0.15) is 11.1 Å². The van der Waals surface area contributed by atoms with Gasteiger partial charge < -0.3 is 10.1 Å². The largest absolute Gasteiger partial charge is 0.495 e. The fourth-order valence-electron chi connectivity index (χ4n) is 3.01. The van der Waals surface area contributed by atoms with Gasteiger partial charge in [0.15, 0.2) is 0 Å². The second-order valence-corrected chi connectivity index (χ2v) is 9.64. The van der Waals surface area contributed by atoms with Gasteiger partial charge in [-0.15, -0.1) is 0 Å². The lowest BCUT2D eigenvalue weighted by atomic mass is 10.1. The number of amides is 1. The zero-order valence-electron chi connectivity index (χ0n) is 17.4. The van der Waals surface area contributed by atoms with E-state index < -0.39 is 22.0 Å². The van der Waals surface area contributed by atoms with Crippen molar-refractivity contribution < 1.29 is 17.9 Å². The Morgan fingerprint density at radius 2 is 1.72 bits per heavy atom. The predicted molar refractivity (Wildman–Crippen MR) is 127 cm³/mol. The van der Waals surface area contributed by atoms with E-state index in [9.17, 15) is 13.2 Å². The Labute approximate surface area is 197 Å². The topological polar surface area (TPSA) is 84.5 Å². The number of ether oxygens (including phenoxy) is 1. The van der Waals surface area contributed by atoms with Crippen LogP contribution in [-0.4, -0.2) is 27.5 Å². The Bertz CT molecular complexity index is 1220. The van der Waals surface area contributed by atoms with Crippen molar-refractivity contribution >= 4 is 44.8 Å². The first kappa shape index (κ1) is 24.1. The molecule has 0 radical (unpaired) electrons. The van der Waals surface area contributed by atoms with Crippen LogP contribution in [0.2, 0.25) is 10.0 Å². The lowest BCUT2D eigenvalue weighted by Crippen LogP contribution is -2.45. The second kappa shape index (κ2) is 10.4. The summed E-state index contributed by atoms with van der Waals surface area (Å²) in [6, 6.07) is 17.2. The third-order valence-electron chi connectivity index (χ3n) is 4.77. The molecule has 0 aliphatic rings. The number of methoxy groups -OCH3 is 1.